The molecule has 6 rings (SSSR count). The Morgan fingerprint density at radius 1 is 0.978 bits per heavy atom. The molecule has 3 heterocycles. The molecule has 0 amide bonds. The van der Waals surface area contributed by atoms with Crippen molar-refractivity contribution in [2.24, 2.45) is 0 Å². The van der Waals surface area contributed by atoms with Gasteiger partial charge in [0.2, 0.25) is 0 Å². The fourth-order valence-corrected chi connectivity index (χ4v) is 6.33. The minimum Gasteiger partial charge on any atom is -0.496 e. The maximum Gasteiger partial charge on any atom is 0.439 e. The van der Waals surface area contributed by atoms with Crippen LogP contribution in [0.15, 0.2) is 91.7 Å². The van der Waals surface area contributed by atoms with E-state index in [9.17, 15) is 19.2 Å². The molecule has 0 saturated carbocycles. The second kappa shape index (κ2) is 13.8. The Morgan fingerprint density at radius 3 is 2.36 bits per heavy atom. The Bertz CT molecular complexity index is 2210. The average Bonchev–Trinajstić information content (AvgIpc) is 3.68. The van der Waals surface area contributed by atoms with Crippen LogP contribution in [0.1, 0.15) is 33.3 Å². The number of nitrogens with one attached hydrogen (secondary N) is 1. The Kier molecular flexibility index (Phi) is 10.0. The van der Waals surface area contributed by atoms with E-state index in [1.807, 2.05) is 68.4 Å². The van der Waals surface area contributed by atoms with E-state index in [2.05, 4.69) is 10.1 Å². The third-order valence-corrected chi connectivity index (χ3v) is 8.84. The first-order chi connectivity index (χ1) is 21.3. The molecular formula is C33H28KN4O6S. The van der Waals surface area contributed by atoms with E-state index in [1.165, 1.54) is 11.3 Å². The summed E-state index contributed by atoms with van der Waals surface area (Å²) in [6.45, 7) is 3.65. The van der Waals surface area contributed by atoms with Gasteiger partial charge < -0.3 is 4.74 Å². The van der Waals surface area contributed by atoms with Gasteiger partial charge in [-0.15, -0.1) is 11.3 Å². The molecule has 45 heavy (non-hydrogen) atoms. The summed E-state index contributed by atoms with van der Waals surface area (Å²) in [7, 11) is 1.56. The van der Waals surface area contributed by atoms with Crippen LogP contribution >= 0.6 is 11.3 Å². The fourth-order valence-electron chi connectivity index (χ4n) is 5.25. The first kappa shape index (κ1) is 32.7. The molecular weight excluding hydrogens is 620 g/mol. The van der Waals surface area contributed by atoms with Gasteiger partial charge in [-0.2, -0.15) is 0 Å². The van der Waals surface area contributed by atoms with Crippen molar-refractivity contribution in [2.45, 2.75) is 33.4 Å². The third kappa shape index (κ3) is 6.53. The van der Waals surface area contributed by atoms with E-state index >= 15 is 0 Å². The second-order valence-electron chi connectivity index (χ2n) is 10.3. The molecule has 0 atom stereocenters. The molecule has 10 nitrogen and oxygen atoms in total. The van der Waals surface area contributed by atoms with E-state index in [4.69, 9.17) is 9.26 Å². The number of aromatic amines is 1. The number of H-pyrrole nitrogens is 1. The number of nitrogens with zero attached hydrogens (tertiary/aromatic N) is 3. The van der Waals surface area contributed by atoms with Crippen molar-refractivity contribution >= 4 is 78.7 Å². The number of aryl methyl sites for hydroxylation is 2. The number of benzene rings is 3. The van der Waals surface area contributed by atoms with Gasteiger partial charge in [-0.05, 0) is 59.9 Å². The average molecular weight is 648 g/mol. The summed E-state index contributed by atoms with van der Waals surface area (Å²) in [5.41, 5.74) is 3.41. The number of ether oxygens (including phenoxy) is 1. The van der Waals surface area contributed by atoms with Crippen LogP contribution in [0.5, 0.6) is 5.75 Å². The molecule has 0 unspecified atom stereocenters. The minimum atomic E-state index is -0.635. The van der Waals surface area contributed by atoms with Gasteiger partial charge in [0.25, 0.3) is 5.56 Å². The third-order valence-electron chi connectivity index (χ3n) is 7.54. The number of methoxy groups -OCH3 is 1. The van der Waals surface area contributed by atoms with Crippen molar-refractivity contribution in [3.63, 3.8) is 0 Å². The molecule has 1 N–H and O–H groups in total. The first-order valence-electron chi connectivity index (χ1n) is 14.0. The van der Waals surface area contributed by atoms with Gasteiger partial charge in [0.1, 0.15) is 10.6 Å². The summed E-state index contributed by atoms with van der Waals surface area (Å²) < 4.78 is 12.6. The normalized spacial score (nSPS) is 11.0. The molecule has 0 spiro atoms. The molecule has 6 aromatic rings. The number of aromatic nitrogens is 4. The van der Waals surface area contributed by atoms with Crippen LogP contribution < -0.4 is 21.7 Å². The molecule has 1 radical (unpaired) electrons. The molecule has 0 fully saturated rings. The van der Waals surface area contributed by atoms with Crippen LogP contribution in [0.3, 0.4) is 0 Å². The summed E-state index contributed by atoms with van der Waals surface area (Å²) in [4.78, 5) is 56.3. The number of thiophene rings is 1. The quantitative estimate of drug-likeness (QED) is 0.179. The van der Waals surface area contributed by atoms with Crippen LogP contribution in [0.2, 0.25) is 0 Å². The molecule has 0 bridgehead atoms. The fraction of sp³-hybridized carbons (Fsp3) is 0.182. The Morgan fingerprint density at radius 2 is 1.71 bits per heavy atom. The van der Waals surface area contributed by atoms with Crippen molar-refractivity contribution in [1.82, 2.24) is 19.3 Å². The van der Waals surface area contributed by atoms with E-state index in [0.29, 0.717) is 39.3 Å². The standard InChI is InChI=1S/C33H28N4O6S.K/c1-4-23-16-26-30(39)36(18-27(38)22-13-14-28(42-3)19(2)15-22)33(41)37(31(26)44-23)17-20-9-11-21(12-10-20)24-7-5-6-8-25(24)29-34-32(40)43-35-29;/h5-16H,4,17-18H2,1-3H3,(H,34,35,40);. The topological polar surface area (TPSA) is 129 Å². The maximum absolute atomic E-state index is 13.8. The SMILES string of the molecule is CCc1cc2c(=O)n(CC(=O)c3ccc(OC)c(C)c3)c(=O)n(Cc3ccc(-c4ccccc4-c4noc(=O)[nH]4)cc3)c2s1.[K]. The van der Waals surface area contributed by atoms with Gasteiger partial charge in [0.05, 0.1) is 25.6 Å². The van der Waals surface area contributed by atoms with Crippen molar-refractivity contribution in [2.75, 3.05) is 7.11 Å². The number of ketones is 1. The molecule has 3 aromatic carbocycles. The first-order valence-corrected chi connectivity index (χ1v) is 14.8. The summed E-state index contributed by atoms with van der Waals surface area (Å²) in [5, 5.41) is 4.24. The second-order valence-corrected chi connectivity index (χ2v) is 11.5. The Balaban J connectivity index is 0.00000400. The number of hydrogen-bond acceptors (Lipinski definition) is 8. The summed E-state index contributed by atoms with van der Waals surface area (Å²) in [6, 6.07) is 22.0. The van der Waals surface area contributed by atoms with Crippen LogP contribution in [0, 0.1) is 6.92 Å². The van der Waals surface area contributed by atoms with E-state index in [0.717, 1.165) is 31.7 Å². The van der Waals surface area contributed by atoms with Crippen LogP contribution in [-0.4, -0.2) is 83.6 Å². The van der Waals surface area contributed by atoms with Crippen molar-refractivity contribution in [3.8, 4) is 28.3 Å². The van der Waals surface area contributed by atoms with Gasteiger partial charge in [-0.1, -0.05) is 60.6 Å². The molecule has 0 aliphatic rings. The number of Topliss-reactive ketones (excluding diaryl/α,β-unsaturated/α-hetero) is 1. The number of carbonyl (C=O) groups excluding carboxylic acids is 1. The number of carbonyl (C=O) groups is 1. The zero-order valence-electron chi connectivity index (χ0n) is 25.2. The predicted molar refractivity (Wildman–Crippen MR) is 175 cm³/mol. The van der Waals surface area contributed by atoms with Crippen LogP contribution in [0.4, 0.5) is 0 Å². The van der Waals surface area contributed by atoms with Crippen LogP contribution in [-0.2, 0) is 19.5 Å². The van der Waals surface area contributed by atoms with Gasteiger partial charge >= 0.3 is 11.4 Å². The number of rotatable bonds is 9. The van der Waals surface area contributed by atoms with Gasteiger partial charge in [0.15, 0.2) is 11.6 Å². The van der Waals surface area contributed by atoms with Crippen molar-refractivity contribution in [3.05, 3.63) is 126 Å². The molecule has 0 aliphatic carbocycles. The molecule has 3 aromatic heterocycles. The Labute approximate surface area is 303 Å². The summed E-state index contributed by atoms with van der Waals surface area (Å²) >= 11 is 1.41. The van der Waals surface area contributed by atoms with Gasteiger partial charge in [-0.25, -0.2) is 9.59 Å². The number of fused-ring (bicyclic) bond motifs is 1. The predicted octanol–water partition coefficient (Wildman–Crippen LogP) is 4.66. The zero-order valence-corrected chi connectivity index (χ0v) is 29.2. The Hall–Kier alpha value is -3.65. The van der Waals surface area contributed by atoms with Crippen molar-refractivity contribution < 1.29 is 14.1 Å². The van der Waals surface area contributed by atoms with E-state index in [-0.39, 0.29) is 70.3 Å². The van der Waals surface area contributed by atoms with E-state index in [1.54, 1.807) is 29.9 Å². The minimum absolute atomic E-state index is 0. The molecule has 12 heteroatoms. The van der Waals surface area contributed by atoms with Crippen molar-refractivity contribution in [1.29, 1.82) is 0 Å². The largest absolute Gasteiger partial charge is 0.496 e. The smallest absolute Gasteiger partial charge is 0.439 e. The zero-order chi connectivity index (χ0) is 31.0. The maximum atomic E-state index is 13.8. The summed E-state index contributed by atoms with van der Waals surface area (Å²) in [5.74, 6) is -0.00256. The monoisotopic (exact) mass is 647 g/mol. The van der Waals surface area contributed by atoms with E-state index < -0.39 is 17.0 Å². The molecule has 223 valence electrons. The van der Waals surface area contributed by atoms with Crippen LogP contribution in [0.25, 0.3) is 32.7 Å². The molecule has 0 saturated heterocycles. The molecule has 0 aliphatic heterocycles. The van der Waals surface area contributed by atoms with Gasteiger partial charge in [0, 0.05) is 67.4 Å². The summed E-state index contributed by atoms with van der Waals surface area (Å²) in [6.07, 6.45) is 0.710. The van der Waals surface area contributed by atoms with Gasteiger partial charge in [-0.3, -0.25) is 28.2 Å². The number of hydrogen-bond donors (Lipinski definition) is 1.